The Morgan fingerprint density at radius 1 is 0.708 bits per heavy atom. The van der Waals surface area contributed by atoms with Crippen molar-refractivity contribution in [3.8, 4) is 0 Å². The molecule has 0 nitrogen and oxygen atoms in total. The van der Waals surface area contributed by atoms with Gasteiger partial charge in [-0.15, -0.1) is 0 Å². The molecule has 24 heavy (non-hydrogen) atoms. The Morgan fingerprint density at radius 3 is 1.54 bits per heavy atom. The molecule has 2 atom stereocenters. The van der Waals surface area contributed by atoms with Gasteiger partial charge in [0.25, 0.3) is 0 Å². The number of allylic oxidation sites excluding steroid dienone is 2. The molecule has 0 radical (unpaired) electrons. The normalized spacial score (nSPS) is 23.1. The van der Waals surface area contributed by atoms with Crippen molar-refractivity contribution in [2.75, 3.05) is 0 Å². The zero-order chi connectivity index (χ0) is 17.0. The zero-order valence-electron chi connectivity index (χ0n) is 15.2. The average molecular weight is 367 g/mol. The molecule has 4 rings (SSSR count). The Hall–Kier alpha value is -1.15. The van der Waals surface area contributed by atoms with Gasteiger partial charge in [-0.3, -0.25) is 0 Å². The van der Waals surface area contributed by atoms with Gasteiger partial charge < -0.3 is 0 Å². The van der Waals surface area contributed by atoms with Crippen molar-refractivity contribution >= 4 is 18.8 Å². The summed E-state index contributed by atoms with van der Waals surface area (Å²) in [5.74, 6) is 0. The van der Waals surface area contributed by atoms with Gasteiger partial charge in [-0.05, 0) is 0 Å². The summed E-state index contributed by atoms with van der Waals surface area (Å²) >= 11 is -2.86. The van der Waals surface area contributed by atoms with Gasteiger partial charge in [0.05, 0.1) is 0 Å². The summed E-state index contributed by atoms with van der Waals surface area (Å²) in [6, 6.07) is 18.2. The number of fused-ring (bicyclic) bond motifs is 2. The number of benzene rings is 2. The van der Waals surface area contributed by atoms with Crippen LogP contribution in [0, 0.1) is 0 Å². The van der Waals surface area contributed by atoms with Gasteiger partial charge in [-0.1, -0.05) is 0 Å². The van der Waals surface area contributed by atoms with Crippen LogP contribution in [0.1, 0.15) is 30.7 Å². The molecule has 2 aliphatic carbocycles. The molecule has 0 saturated carbocycles. The van der Waals surface area contributed by atoms with Gasteiger partial charge in [0.1, 0.15) is 0 Å². The van der Waals surface area contributed by atoms with Gasteiger partial charge in [-0.2, -0.15) is 0 Å². The van der Waals surface area contributed by atoms with Crippen LogP contribution >= 0.6 is 0 Å². The number of hydrogen-bond acceptors (Lipinski definition) is 0. The van der Waals surface area contributed by atoms with E-state index in [1.165, 1.54) is 11.1 Å². The Kier molecular flexibility index (Phi) is 3.69. The summed E-state index contributed by atoms with van der Waals surface area (Å²) in [6.07, 6.45) is 9.89. The third-order valence-corrected chi connectivity index (χ3v) is 38.8. The van der Waals surface area contributed by atoms with Crippen LogP contribution in [0.5, 0.6) is 0 Å². The van der Waals surface area contributed by atoms with E-state index in [9.17, 15) is 0 Å². The van der Waals surface area contributed by atoms with Gasteiger partial charge in [-0.25, -0.2) is 0 Å². The fraction of sp³-hybridized carbons (Fsp3) is 0.273. The Bertz CT molecular complexity index is 794. The fourth-order valence-corrected chi connectivity index (χ4v) is 22.2. The number of rotatable bonds is 3. The van der Waals surface area contributed by atoms with E-state index in [1.807, 2.05) is 0 Å². The summed E-state index contributed by atoms with van der Waals surface area (Å²) in [6.45, 7) is 4.37. The van der Waals surface area contributed by atoms with Crippen LogP contribution < -0.4 is 0 Å². The van der Waals surface area contributed by atoms with E-state index < -0.39 is 21.2 Å². The Balaban J connectivity index is 1.92. The molecule has 0 fully saturated rings. The monoisotopic (exact) mass is 367 g/mol. The molecule has 2 aliphatic rings. The van der Waals surface area contributed by atoms with Gasteiger partial charge in [0, 0.05) is 0 Å². The van der Waals surface area contributed by atoms with E-state index in [4.69, 9.17) is 0 Å². The second kappa shape index (κ2) is 5.42. The summed E-state index contributed by atoms with van der Waals surface area (Å²) in [5.41, 5.74) is 6.09. The summed E-state index contributed by atoms with van der Waals surface area (Å²) in [7, 11) is 0. The topological polar surface area (TPSA) is 0 Å². The zero-order valence-corrected chi connectivity index (χ0v) is 17.9. The van der Waals surface area contributed by atoms with E-state index in [0.717, 1.165) is 0 Å². The Labute approximate surface area is 148 Å². The fourth-order valence-electron chi connectivity index (χ4n) is 5.00. The van der Waals surface area contributed by atoms with Crippen LogP contribution in [0.25, 0.3) is 12.2 Å². The molecule has 0 saturated heterocycles. The maximum atomic E-state index is 2.75. The van der Waals surface area contributed by atoms with Crippen molar-refractivity contribution in [2.45, 2.75) is 32.0 Å². The SMILES string of the molecule is C[SiH](C)[Ti]([CH3])([CH3])([CH]1C=Cc2ccccc21)[CH]1C=Cc2ccccc21. The van der Waals surface area contributed by atoms with Crippen molar-refractivity contribution in [1.82, 2.24) is 0 Å². The van der Waals surface area contributed by atoms with E-state index in [1.54, 1.807) is 11.1 Å². The van der Waals surface area contributed by atoms with Gasteiger partial charge in [0.15, 0.2) is 0 Å². The Morgan fingerprint density at radius 2 is 1.12 bits per heavy atom. The van der Waals surface area contributed by atoms with Crippen LogP contribution in [0.15, 0.2) is 60.7 Å². The molecule has 0 aromatic heterocycles. The molecule has 0 N–H and O–H groups in total. The predicted molar refractivity (Wildman–Crippen MR) is 107 cm³/mol. The molecule has 0 amide bonds. The van der Waals surface area contributed by atoms with Crippen LogP contribution in [-0.2, 0) is 14.6 Å². The standard InChI is InChI=1S/2C9H7.C2H7Si.2CH3.Ti/c2*1-2-5-9-7-3-6-8(9)4-1;1-3-2;;;/h2*1-7H;3H,1-2H3;2*1H3;. The van der Waals surface area contributed by atoms with E-state index in [2.05, 4.69) is 96.4 Å². The van der Waals surface area contributed by atoms with E-state index in [0.29, 0.717) is 8.45 Å². The third kappa shape index (κ3) is 2.08. The van der Waals surface area contributed by atoms with E-state index >= 15 is 0 Å². The quantitative estimate of drug-likeness (QED) is 0.559. The first-order valence-corrected chi connectivity index (χ1v) is 19.7. The second-order valence-corrected chi connectivity index (χ2v) is 34.5. The van der Waals surface area contributed by atoms with Crippen molar-refractivity contribution in [2.24, 2.45) is 0 Å². The van der Waals surface area contributed by atoms with Crippen LogP contribution in [-0.4, -0.2) is 6.66 Å². The molecular formula is C22H27SiTi. The van der Waals surface area contributed by atoms with E-state index in [-0.39, 0.29) is 0 Å². The second-order valence-electron chi connectivity index (χ2n) is 8.82. The van der Waals surface area contributed by atoms with Crippen LogP contribution in [0.2, 0.25) is 23.6 Å². The van der Waals surface area contributed by atoms with Crippen LogP contribution in [0.4, 0.5) is 0 Å². The molecule has 0 bridgehead atoms. The number of hydrogen-bond donors (Lipinski definition) is 0. The first-order chi connectivity index (χ1) is 11.4. The molecule has 123 valence electrons. The average Bonchev–Trinajstić information content (AvgIpc) is 3.20. The minimum absolute atomic E-state index is 0.672. The molecule has 2 aromatic carbocycles. The maximum absolute atomic E-state index is 2.86. The van der Waals surface area contributed by atoms with Crippen molar-refractivity contribution in [1.29, 1.82) is 0 Å². The molecule has 2 heteroatoms. The van der Waals surface area contributed by atoms with Gasteiger partial charge in [0.2, 0.25) is 0 Å². The van der Waals surface area contributed by atoms with Crippen molar-refractivity contribution in [3.63, 3.8) is 0 Å². The molecule has 0 aliphatic heterocycles. The molecular weight excluding hydrogens is 340 g/mol. The molecule has 2 aromatic rings. The third-order valence-electron chi connectivity index (χ3n) is 7.38. The molecule has 0 heterocycles. The van der Waals surface area contributed by atoms with Crippen LogP contribution in [0.3, 0.4) is 0 Å². The van der Waals surface area contributed by atoms with Gasteiger partial charge >= 0.3 is 148 Å². The predicted octanol–water partition coefficient (Wildman–Crippen LogP) is 6.29. The van der Waals surface area contributed by atoms with Crippen molar-refractivity contribution in [3.05, 3.63) is 82.9 Å². The van der Waals surface area contributed by atoms with Crippen molar-refractivity contribution < 1.29 is 14.6 Å². The summed E-state index contributed by atoms with van der Waals surface area (Å²) in [4.78, 5) is 0. The first kappa shape index (κ1) is 16.3. The summed E-state index contributed by atoms with van der Waals surface area (Å²) in [5, 5.41) is 5.50. The molecule has 0 spiro atoms. The molecule has 2 unspecified atom stereocenters. The first-order valence-electron chi connectivity index (χ1n) is 9.16. The summed E-state index contributed by atoms with van der Waals surface area (Å²) < 4.78 is 1.34. The minimum atomic E-state index is -2.86.